The van der Waals surface area contributed by atoms with Crippen molar-refractivity contribution in [1.82, 2.24) is 31.9 Å². The van der Waals surface area contributed by atoms with E-state index in [-0.39, 0.29) is 37.5 Å². The molecule has 5 atom stereocenters. The highest BCUT2D eigenvalue weighted by atomic mass is 16.4. The van der Waals surface area contributed by atoms with Crippen molar-refractivity contribution in [3.63, 3.8) is 0 Å². The van der Waals surface area contributed by atoms with Crippen LogP contribution in [0, 0.1) is 0 Å². The Hall–Kier alpha value is -5.14. The summed E-state index contributed by atoms with van der Waals surface area (Å²) in [5, 5.41) is 43.0. The van der Waals surface area contributed by atoms with Crippen LogP contribution in [0.2, 0.25) is 0 Å². The fourth-order valence-electron chi connectivity index (χ4n) is 5.18. The first-order valence-corrected chi connectivity index (χ1v) is 18.0. The topological polar surface area (TPSA) is 330 Å². The summed E-state index contributed by atoms with van der Waals surface area (Å²) in [5.41, 5.74) is 5.17. The number of carbonyl (C=O) groups is 10. The van der Waals surface area contributed by atoms with Crippen molar-refractivity contribution in [2.75, 3.05) is 13.6 Å². The molecule has 0 aromatic carbocycles. The third-order valence-electron chi connectivity index (χ3n) is 8.27. The zero-order chi connectivity index (χ0) is 41.2. The van der Waals surface area contributed by atoms with Gasteiger partial charge in [0.15, 0.2) is 0 Å². The number of primary amides is 1. The highest BCUT2D eigenvalue weighted by Crippen LogP contribution is 2.09. The van der Waals surface area contributed by atoms with Crippen molar-refractivity contribution in [2.45, 2.75) is 140 Å². The number of hydrogen-bond acceptors (Lipinski definition) is 11. The number of aliphatic carboxylic acids is 3. The molecule has 20 heteroatoms. The quantitative estimate of drug-likeness (QED) is 0.0372. The van der Waals surface area contributed by atoms with Crippen LogP contribution in [0.5, 0.6) is 0 Å². The highest BCUT2D eigenvalue weighted by Gasteiger charge is 2.27. The Kier molecular flexibility index (Phi) is 24.8. The van der Waals surface area contributed by atoms with E-state index in [2.05, 4.69) is 38.8 Å². The van der Waals surface area contributed by atoms with E-state index in [1.807, 2.05) is 0 Å². The van der Waals surface area contributed by atoms with Crippen molar-refractivity contribution >= 4 is 59.1 Å². The molecule has 54 heavy (non-hydrogen) atoms. The lowest BCUT2D eigenvalue weighted by Crippen LogP contribution is -2.46. The van der Waals surface area contributed by atoms with Gasteiger partial charge in [-0.25, -0.2) is 14.4 Å². The number of Topliss-reactive ketones (excluding diaryl/α,β-unsaturated/α-hetero) is 1. The van der Waals surface area contributed by atoms with E-state index >= 15 is 0 Å². The summed E-state index contributed by atoms with van der Waals surface area (Å²) >= 11 is 0. The van der Waals surface area contributed by atoms with Crippen molar-refractivity contribution in [1.29, 1.82) is 0 Å². The molecule has 0 aliphatic rings. The number of hydrogen-bond donors (Lipinski definition) is 10. The third kappa shape index (κ3) is 22.7. The zero-order valence-electron chi connectivity index (χ0n) is 31.2. The lowest BCUT2D eigenvalue weighted by Gasteiger charge is -2.18. The minimum Gasteiger partial charge on any atom is -0.480 e. The Morgan fingerprint density at radius 2 is 0.944 bits per heavy atom. The molecule has 0 aliphatic carbocycles. The molecular formula is C34H57N7O13. The Morgan fingerprint density at radius 3 is 1.31 bits per heavy atom. The van der Waals surface area contributed by atoms with Gasteiger partial charge in [0, 0.05) is 45.6 Å². The second-order valence-corrected chi connectivity index (χ2v) is 12.8. The molecule has 0 bridgehead atoms. The van der Waals surface area contributed by atoms with E-state index in [9.17, 15) is 63.3 Å². The average molecular weight is 772 g/mol. The fourth-order valence-corrected chi connectivity index (χ4v) is 5.18. The van der Waals surface area contributed by atoms with Gasteiger partial charge in [-0.05, 0) is 58.4 Å². The van der Waals surface area contributed by atoms with Crippen molar-refractivity contribution in [3.05, 3.63) is 0 Å². The van der Waals surface area contributed by atoms with E-state index in [1.165, 1.54) is 0 Å². The lowest BCUT2D eigenvalue weighted by atomic mass is 10.0. The monoisotopic (exact) mass is 771 g/mol. The first kappa shape index (κ1) is 48.9. The summed E-state index contributed by atoms with van der Waals surface area (Å²) in [6.45, 7) is 3.52. The largest absolute Gasteiger partial charge is 0.480 e. The minimum absolute atomic E-state index is 0.156. The first-order valence-electron chi connectivity index (χ1n) is 18.0. The van der Waals surface area contributed by atoms with Crippen LogP contribution in [-0.2, 0) is 47.9 Å². The molecule has 0 heterocycles. The van der Waals surface area contributed by atoms with Gasteiger partial charge in [-0.3, -0.25) is 33.6 Å². The molecule has 0 fully saturated rings. The average Bonchev–Trinajstić information content (AvgIpc) is 3.09. The van der Waals surface area contributed by atoms with Gasteiger partial charge >= 0.3 is 17.9 Å². The summed E-state index contributed by atoms with van der Waals surface area (Å²) < 4.78 is 0. The molecule has 0 aromatic heterocycles. The summed E-state index contributed by atoms with van der Waals surface area (Å²) in [7, 11) is 1.73. The molecule has 0 rings (SSSR count). The zero-order valence-corrected chi connectivity index (χ0v) is 31.2. The van der Waals surface area contributed by atoms with Crippen LogP contribution in [0.4, 0.5) is 0 Å². The van der Waals surface area contributed by atoms with Crippen LogP contribution in [0.3, 0.4) is 0 Å². The third-order valence-corrected chi connectivity index (χ3v) is 8.27. The molecule has 5 unspecified atom stereocenters. The van der Waals surface area contributed by atoms with Gasteiger partial charge in [0.05, 0.1) is 6.04 Å². The van der Waals surface area contributed by atoms with E-state index in [4.69, 9.17) is 5.73 Å². The van der Waals surface area contributed by atoms with Crippen molar-refractivity contribution in [3.8, 4) is 0 Å². The molecule has 306 valence electrons. The summed E-state index contributed by atoms with van der Waals surface area (Å²) in [6.07, 6.45) is 2.27. The number of nitrogens with two attached hydrogens (primary N) is 1. The van der Waals surface area contributed by atoms with Gasteiger partial charge in [0.25, 0.3) is 0 Å². The SMILES string of the molecule is CCCCCC(=O)C(CCCCNC(=O)CCC(NC(=O)CCC(NC(=O)CCC(NC(=O)CCC(NC(C)=O)C(N)=O)C(=O)O)C(=O)O)C(=O)O)NC. The molecule has 0 saturated heterocycles. The van der Waals surface area contributed by atoms with Gasteiger partial charge in [-0.1, -0.05) is 19.8 Å². The number of carboxylic acids is 3. The second kappa shape index (κ2) is 27.5. The van der Waals surface area contributed by atoms with Gasteiger partial charge in [0.1, 0.15) is 30.0 Å². The van der Waals surface area contributed by atoms with Gasteiger partial charge in [-0.2, -0.15) is 0 Å². The van der Waals surface area contributed by atoms with Crippen LogP contribution >= 0.6 is 0 Å². The maximum Gasteiger partial charge on any atom is 0.326 e. The molecular weight excluding hydrogens is 714 g/mol. The highest BCUT2D eigenvalue weighted by molar-refractivity contribution is 5.89. The van der Waals surface area contributed by atoms with Crippen molar-refractivity contribution < 1.29 is 63.3 Å². The number of unbranched alkanes of at least 4 members (excludes halogenated alkanes) is 3. The van der Waals surface area contributed by atoms with Crippen LogP contribution in [0.25, 0.3) is 0 Å². The smallest absolute Gasteiger partial charge is 0.326 e. The van der Waals surface area contributed by atoms with E-state index in [1.54, 1.807) is 7.05 Å². The number of likely N-dealkylation sites (N-methyl/N-ethyl adjacent to an activating group) is 1. The predicted octanol–water partition coefficient (Wildman–Crippen LogP) is -1.17. The molecule has 20 nitrogen and oxygen atoms in total. The van der Waals surface area contributed by atoms with Crippen molar-refractivity contribution in [2.24, 2.45) is 5.73 Å². The van der Waals surface area contributed by atoms with E-state index < -0.39 is 103 Å². The van der Waals surface area contributed by atoms with Crippen LogP contribution in [-0.4, -0.2) is 118 Å². The summed E-state index contributed by atoms with van der Waals surface area (Å²) in [6, 6.07) is -6.03. The minimum atomic E-state index is -1.60. The van der Waals surface area contributed by atoms with Gasteiger partial charge in [0.2, 0.25) is 35.4 Å². The number of ketones is 1. The fraction of sp³-hybridized carbons (Fsp3) is 0.706. The Labute approximate surface area is 313 Å². The molecule has 0 aliphatic heterocycles. The van der Waals surface area contributed by atoms with E-state index in [0.29, 0.717) is 32.2 Å². The maximum absolute atomic E-state index is 12.5. The van der Waals surface area contributed by atoms with Crippen LogP contribution in [0.15, 0.2) is 0 Å². The summed E-state index contributed by atoms with van der Waals surface area (Å²) in [4.78, 5) is 119. The molecule has 6 amide bonds. The molecule has 0 radical (unpaired) electrons. The number of rotatable bonds is 31. The standard InChI is InChI=1S/C34H57N7O13/c1-4-5-6-10-26(43)21(36-3)9-7-8-19-37-27(44)15-12-23(32(49)50)39-29(46)17-14-25(34(53)54)41-30(47)18-13-24(33(51)52)40-28(45)16-11-22(31(35)48)38-20(2)42/h21-25,36H,4-19H2,1-3H3,(H2,35,48)(H,37,44)(H,38,42)(H,39,46)(H,40,45)(H,41,47)(H,49,50)(H,51,52)(H,53,54). The van der Waals surface area contributed by atoms with Gasteiger partial charge in [-0.15, -0.1) is 0 Å². The molecule has 11 N–H and O–H groups in total. The summed E-state index contributed by atoms with van der Waals surface area (Å²) in [5.74, 6) is -8.75. The maximum atomic E-state index is 12.5. The number of carboxylic acid groups (broad SMARTS) is 3. The Balaban J connectivity index is 4.76. The van der Waals surface area contributed by atoms with Gasteiger partial charge < -0.3 is 53.0 Å². The number of amides is 6. The number of carbonyl (C=O) groups excluding carboxylic acids is 7. The van der Waals surface area contributed by atoms with E-state index in [0.717, 1.165) is 26.2 Å². The predicted molar refractivity (Wildman–Crippen MR) is 191 cm³/mol. The number of nitrogens with one attached hydrogen (secondary N) is 6. The second-order valence-electron chi connectivity index (χ2n) is 12.8. The Morgan fingerprint density at radius 1 is 0.519 bits per heavy atom. The molecule has 0 saturated carbocycles. The van der Waals surface area contributed by atoms with Crippen LogP contribution in [0.1, 0.15) is 110 Å². The Bertz CT molecular complexity index is 1310. The lowest BCUT2D eigenvalue weighted by molar-refractivity contribution is -0.144. The first-order chi connectivity index (χ1) is 25.4. The molecule has 0 spiro atoms. The van der Waals surface area contributed by atoms with Crippen LogP contribution < -0.4 is 37.6 Å². The normalized spacial score (nSPS) is 13.5. The molecule has 0 aromatic rings.